The molecule has 4 atom stereocenters. The zero-order valence-corrected chi connectivity index (χ0v) is 22.0. The van der Waals surface area contributed by atoms with Gasteiger partial charge < -0.3 is 17.3 Å². The first-order valence-corrected chi connectivity index (χ1v) is 14.2. The Balaban J connectivity index is 0.000000674. The molecule has 3 rings (SSSR count). The van der Waals surface area contributed by atoms with E-state index in [2.05, 4.69) is 52.0 Å². The van der Waals surface area contributed by atoms with Gasteiger partial charge in [0.25, 0.3) is 0 Å². The maximum atomic E-state index is 9.75. The maximum absolute atomic E-state index is 9.75. The molecule has 0 aromatic heterocycles. The Kier molecular flexibility index (Phi) is 12.6. The first kappa shape index (κ1) is 28.5. The van der Waals surface area contributed by atoms with Crippen molar-refractivity contribution in [3.63, 3.8) is 0 Å². The Labute approximate surface area is 196 Å². The Bertz CT molecular complexity index is 554. The summed E-state index contributed by atoms with van der Waals surface area (Å²) in [7, 11) is -5.87. The van der Waals surface area contributed by atoms with Crippen LogP contribution >= 0.6 is 15.8 Å². The van der Waals surface area contributed by atoms with Gasteiger partial charge in [-0.1, -0.05) is 67.8 Å². The average Bonchev–Trinajstić information content (AvgIpc) is 3.29. The molecule has 1 aromatic carbocycles. The van der Waals surface area contributed by atoms with Crippen LogP contribution in [-0.2, 0) is 19.5 Å². The van der Waals surface area contributed by atoms with Crippen LogP contribution in [0.25, 0.3) is 0 Å². The van der Waals surface area contributed by atoms with E-state index in [1.165, 1.54) is 51.4 Å². The molecule has 2 saturated heterocycles. The van der Waals surface area contributed by atoms with Crippen molar-refractivity contribution in [2.45, 2.75) is 102 Å². The number of hydrogen-bond acceptors (Lipinski definition) is 0. The molecule has 1 aromatic rings. The second-order valence-electron chi connectivity index (χ2n) is 8.20. The SMILES string of the molecule is CC[C@H]1CC[C@H](CC)P1c1ccccc1P1[C@@H](CC)CC[C@@H]1CC.F[B-](F)(F)F.[Rh]. The Hall–Kier alpha value is 0.488. The fraction of sp³-hybridized carbons (Fsp3) is 0.727. The molecule has 0 unspecified atom stereocenters. The van der Waals surface area contributed by atoms with E-state index in [4.69, 9.17) is 0 Å². The third-order valence-corrected chi connectivity index (χ3v) is 14.3. The van der Waals surface area contributed by atoms with Crippen LogP contribution < -0.4 is 10.6 Å². The third-order valence-electron chi connectivity index (χ3n) is 6.56. The van der Waals surface area contributed by atoms with E-state index in [1.54, 1.807) is 0 Å². The smallest absolute Gasteiger partial charge is 0.418 e. The molecule has 0 spiro atoms. The number of benzene rings is 1. The molecule has 0 aliphatic carbocycles. The minimum atomic E-state index is -6.00. The van der Waals surface area contributed by atoms with Crippen LogP contribution in [0.15, 0.2) is 24.3 Å². The third kappa shape index (κ3) is 7.52. The molecule has 2 fully saturated rings. The van der Waals surface area contributed by atoms with Crippen molar-refractivity contribution < 1.29 is 36.7 Å². The number of halogens is 4. The van der Waals surface area contributed by atoms with Gasteiger partial charge in [0.05, 0.1) is 0 Å². The van der Waals surface area contributed by atoms with Gasteiger partial charge in [-0.15, -0.1) is 0 Å². The monoisotopic (exact) mass is 552 g/mol. The van der Waals surface area contributed by atoms with Crippen LogP contribution in [0.4, 0.5) is 17.3 Å². The first-order valence-electron chi connectivity index (χ1n) is 11.3. The van der Waals surface area contributed by atoms with Gasteiger partial charge in [-0.3, -0.25) is 0 Å². The molecule has 0 N–H and O–H groups in total. The van der Waals surface area contributed by atoms with Crippen molar-refractivity contribution in [2.75, 3.05) is 0 Å². The topological polar surface area (TPSA) is 0 Å². The average molecular weight is 552 g/mol. The van der Waals surface area contributed by atoms with Crippen LogP contribution in [0.3, 0.4) is 0 Å². The quantitative estimate of drug-likeness (QED) is 0.191. The summed E-state index contributed by atoms with van der Waals surface area (Å²) in [5.74, 6) is 0. The van der Waals surface area contributed by atoms with Gasteiger partial charge in [0.2, 0.25) is 0 Å². The van der Waals surface area contributed by atoms with Gasteiger partial charge in [-0.25, -0.2) is 0 Å². The van der Waals surface area contributed by atoms with E-state index in [-0.39, 0.29) is 35.3 Å². The molecule has 2 aliphatic rings. The molecule has 2 heterocycles. The van der Waals surface area contributed by atoms with Crippen LogP contribution in [0.2, 0.25) is 0 Å². The summed E-state index contributed by atoms with van der Waals surface area (Å²) >= 11 is 0. The van der Waals surface area contributed by atoms with Gasteiger partial charge >= 0.3 is 7.25 Å². The number of rotatable bonds is 6. The van der Waals surface area contributed by atoms with Gasteiger partial charge in [0.1, 0.15) is 0 Å². The van der Waals surface area contributed by atoms with Crippen LogP contribution in [0, 0.1) is 0 Å². The summed E-state index contributed by atoms with van der Waals surface area (Å²) < 4.78 is 39.0. The second kappa shape index (κ2) is 13.3. The molecular weight excluding hydrogens is 516 g/mol. The Morgan fingerprint density at radius 1 is 0.667 bits per heavy atom. The van der Waals surface area contributed by atoms with E-state index < -0.39 is 7.25 Å². The van der Waals surface area contributed by atoms with Crippen molar-refractivity contribution >= 4 is 33.7 Å². The molecule has 1 radical (unpaired) electrons. The molecular formula is C22H36BF4P2Rh-. The van der Waals surface area contributed by atoms with Crippen molar-refractivity contribution in [3.05, 3.63) is 24.3 Å². The fourth-order valence-corrected chi connectivity index (χ4v) is 13.1. The van der Waals surface area contributed by atoms with Crippen molar-refractivity contribution in [1.82, 2.24) is 0 Å². The van der Waals surface area contributed by atoms with Crippen molar-refractivity contribution in [3.8, 4) is 0 Å². The van der Waals surface area contributed by atoms with Crippen molar-refractivity contribution in [1.29, 1.82) is 0 Å². The summed E-state index contributed by atoms with van der Waals surface area (Å²) in [4.78, 5) is 0. The van der Waals surface area contributed by atoms with Gasteiger partial charge in [0, 0.05) is 19.5 Å². The zero-order chi connectivity index (χ0) is 21.6. The molecule has 0 saturated carbocycles. The summed E-state index contributed by atoms with van der Waals surface area (Å²) in [6.07, 6.45) is 11.5. The van der Waals surface area contributed by atoms with E-state index >= 15 is 0 Å². The van der Waals surface area contributed by atoms with Crippen LogP contribution in [-0.4, -0.2) is 29.9 Å². The molecule has 2 aliphatic heterocycles. The number of hydrogen-bond donors (Lipinski definition) is 0. The van der Waals surface area contributed by atoms with Gasteiger partial charge in [0.15, 0.2) is 0 Å². The molecule has 8 heteroatoms. The van der Waals surface area contributed by atoms with Crippen molar-refractivity contribution in [2.24, 2.45) is 0 Å². The molecule has 175 valence electrons. The Morgan fingerprint density at radius 2 is 0.900 bits per heavy atom. The van der Waals surface area contributed by atoms with E-state index in [1.807, 2.05) is 10.6 Å². The van der Waals surface area contributed by atoms with Gasteiger partial charge in [-0.2, -0.15) is 0 Å². The zero-order valence-electron chi connectivity index (χ0n) is 18.6. The molecule has 0 nitrogen and oxygen atoms in total. The van der Waals surface area contributed by atoms with E-state index in [0.29, 0.717) is 0 Å². The van der Waals surface area contributed by atoms with Gasteiger partial charge in [-0.05, 0) is 84.6 Å². The minimum absolute atomic E-state index is 0. The maximum Gasteiger partial charge on any atom is 0.673 e. The molecule has 0 amide bonds. The molecule has 30 heavy (non-hydrogen) atoms. The standard InChI is InChI=1S/C22H36P2.BF4.Rh/c1-5-17-13-14-18(6-2)23(17)21-11-9-10-12-22(21)24-19(7-3)15-16-20(24)8-4;2-1(3,4)5;/h9-12,17-20H,5-8,13-16H2,1-4H3;;/q;-1;/t17-,18-,19-,20-;;/m0../s1. The first-order chi connectivity index (χ1) is 13.7. The summed E-state index contributed by atoms with van der Waals surface area (Å²) in [5.41, 5.74) is 3.96. The van der Waals surface area contributed by atoms with Crippen LogP contribution in [0.5, 0.6) is 0 Å². The molecule has 0 bridgehead atoms. The predicted octanol–water partition coefficient (Wildman–Crippen LogP) is 7.90. The van der Waals surface area contributed by atoms with E-state index in [9.17, 15) is 17.3 Å². The predicted molar refractivity (Wildman–Crippen MR) is 125 cm³/mol. The Morgan fingerprint density at radius 3 is 1.10 bits per heavy atom. The van der Waals surface area contributed by atoms with E-state index in [0.717, 1.165) is 22.6 Å². The summed E-state index contributed by atoms with van der Waals surface area (Å²) in [6, 6.07) is 9.79. The summed E-state index contributed by atoms with van der Waals surface area (Å²) in [5, 5.41) is 3.68. The second-order valence-corrected chi connectivity index (χ2v) is 13.7. The normalized spacial score (nSPS) is 27.5. The van der Waals surface area contributed by atoms with Crippen LogP contribution in [0.1, 0.15) is 79.1 Å². The fourth-order valence-electron chi connectivity index (χ4n) is 5.21. The summed E-state index contributed by atoms with van der Waals surface area (Å²) in [6.45, 7) is 9.74. The minimum Gasteiger partial charge on any atom is -0.418 e. The largest absolute Gasteiger partial charge is 0.673 e.